The maximum Gasteiger partial charge on any atom is 0.258 e. The Morgan fingerprint density at radius 2 is 2.15 bits per heavy atom. The van der Waals surface area contributed by atoms with E-state index >= 15 is 0 Å². The summed E-state index contributed by atoms with van der Waals surface area (Å²) in [5.74, 6) is 0.307. The van der Waals surface area contributed by atoms with Crippen molar-refractivity contribution < 1.29 is 9.53 Å². The van der Waals surface area contributed by atoms with Crippen LogP contribution in [0.1, 0.15) is 18.5 Å². The van der Waals surface area contributed by atoms with Crippen LogP contribution < -0.4 is 15.8 Å². The number of nitrogen functional groups attached to an aromatic ring is 1. The zero-order valence-corrected chi connectivity index (χ0v) is 11.2. The first-order valence-corrected chi connectivity index (χ1v) is 6.33. The highest BCUT2D eigenvalue weighted by Crippen LogP contribution is 2.19. The van der Waals surface area contributed by atoms with Crippen molar-refractivity contribution in [2.24, 2.45) is 0 Å². The van der Waals surface area contributed by atoms with E-state index < -0.39 is 0 Å². The number of pyridine rings is 1. The number of ether oxygens (including phenoxy) is 1. The van der Waals surface area contributed by atoms with Gasteiger partial charge in [0.2, 0.25) is 0 Å². The molecule has 2 aromatic rings. The summed E-state index contributed by atoms with van der Waals surface area (Å²) in [7, 11) is 0. The lowest BCUT2D eigenvalue weighted by atomic mass is 10.1. The van der Waals surface area contributed by atoms with Crippen LogP contribution >= 0.6 is 0 Å². The number of hydrogen-bond donors (Lipinski definition) is 2. The molecule has 104 valence electrons. The minimum Gasteiger partial charge on any atom is -0.482 e. The van der Waals surface area contributed by atoms with E-state index in [1.54, 1.807) is 24.5 Å². The number of benzene rings is 1. The van der Waals surface area contributed by atoms with Crippen molar-refractivity contribution in [3.8, 4) is 5.75 Å². The SMILES string of the molecule is CC(NC(=O)COc1ccccc1N)c1cccnc1. The van der Waals surface area contributed by atoms with Gasteiger partial charge in [-0.25, -0.2) is 0 Å². The van der Waals surface area contributed by atoms with Gasteiger partial charge in [0.15, 0.2) is 6.61 Å². The van der Waals surface area contributed by atoms with E-state index in [0.717, 1.165) is 5.56 Å². The highest BCUT2D eigenvalue weighted by molar-refractivity contribution is 5.78. The molecule has 1 amide bonds. The van der Waals surface area contributed by atoms with Crippen LogP contribution in [0.4, 0.5) is 5.69 Å². The normalized spacial score (nSPS) is 11.7. The van der Waals surface area contributed by atoms with Crippen molar-refractivity contribution in [1.82, 2.24) is 10.3 Å². The Morgan fingerprint density at radius 3 is 2.85 bits per heavy atom. The summed E-state index contributed by atoms with van der Waals surface area (Å²) in [6.07, 6.45) is 3.42. The molecule has 1 atom stereocenters. The first kappa shape index (κ1) is 13.9. The third-order valence-electron chi connectivity index (χ3n) is 2.84. The fraction of sp³-hybridized carbons (Fsp3) is 0.200. The fourth-order valence-corrected chi connectivity index (χ4v) is 1.75. The molecule has 0 spiro atoms. The van der Waals surface area contributed by atoms with E-state index in [0.29, 0.717) is 11.4 Å². The minimum atomic E-state index is -0.204. The van der Waals surface area contributed by atoms with Gasteiger partial charge < -0.3 is 15.8 Å². The molecule has 0 aliphatic heterocycles. The fourth-order valence-electron chi connectivity index (χ4n) is 1.75. The van der Waals surface area contributed by atoms with Crippen molar-refractivity contribution in [2.75, 3.05) is 12.3 Å². The van der Waals surface area contributed by atoms with Crippen LogP contribution in [0.5, 0.6) is 5.75 Å². The lowest BCUT2D eigenvalue weighted by Crippen LogP contribution is -2.31. The standard InChI is InChI=1S/C15H17N3O2/c1-11(12-5-4-8-17-9-12)18-15(19)10-20-14-7-3-2-6-13(14)16/h2-9,11H,10,16H2,1H3,(H,18,19). The molecule has 2 rings (SSSR count). The number of carbonyl (C=O) groups excluding carboxylic acids is 1. The van der Waals surface area contributed by atoms with Crippen molar-refractivity contribution in [3.05, 3.63) is 54.4 Å². The van der Waals surface area contributed by atoms with E-state index in [1.165, 1.54) is 0 Å². The Hall–Kier alpha value is -2.56. The van der Waals surface area contributed by atoms with Crippen LogP contribution in [-0.4, -0.2) is 17.5 Å². The summed E-state index contributed by atoms with van der Waals surface area (Å²) in [5.41, 5.74) is 7.19. The molecule has 1 heterocycles. The van der Waals surface area contributed by atoms with Crippen molar-refractivity contribution >= 4 is 11.6 Å². The number of nitrogens with one attached hydrogen (secondary N) is 1. The van der Waals surface area contributed by atoms with E-state index in [9.17, 15) is 4.79 Å². The number of nitrogens with two attached hydrogens (primary N) is 1. The molecule has 1 aromatic heterocycles. The molecule has 5 heteroatoms. The van der Waals surface area contributed by atoms with Crippen LogP contribution in [0.15, 0.2) is 48.8 Å². The molecule has 3 N–H and O–H groups in total. The molecular weight excluding hydrogens is 254 g/mol. The van der Waals surface area contributed by atoms with Crippen molar-refractivity contribution in [1.29, 1.82) is 0 Å². The Labute approximate surface area is 117 Å². The second-order valence-corrected chi connectivity index (χ2v) is 4.40. The molecule has 0 aliphatic rings. The number of anilines is 1. The second kappa shape index (κ2) is 6.56. The van der Waals surface area contributed by atoms with Gasteiger partial charge >= 0.3 is 0 Å². The van der Waals surface area contributed by atoms with Gasteiger partial charge in [-0.1, -0.05) is 18.2 Å². The smallest absolute Gasteiger partial charge is 0.258 e. The first-order chi connectivity index (χ1) is 9.66. The molecule has 0 bridgehead atoms. The molecule has 1 aromatic carbocycles. The lowest BCUT2D eigenvalue weighted by molar-refractivity contribution is -0.123. The average Bonchev–Trinajstić information content (AvgIpc) is 2.47. The van der Waals surface area contributed by atoms with Crippen molar-refractivity contribution in [3.63, 3.8) is 0 Å². The Balaban J connectivity index is 1.86. The summed E-state index contributed by atoms with van der Waals surface area (Å²) < 4.78 is 5.38. The Bertz CT molecular complexity index is 572. The number of rotatable bonds is 5. The number of aromatic nitrogens is 1. The van der Waals surface area contributed by atoms with Gasteiger partial charge in [-0.15, -0.1) is 0 Å². The predicted molar refractivity (Wildman–Crippen MR) is 77.1 cm³/mol. The van der Waals surface area contributed by atoms with E-state index in [-0.39, 0.29) is 18.6 Å². The molecular formula is C15H17N3O2. The van der Waals surface area contributed by atoms with Gasteiger partial charge in [-0.3, -0.25) is 9.78 Å². The number of para-hydroxylation sites is 2. The highest BCUT2D eigenvalue weighted by Gasteiger charge is 2.10. The van der Waals surface area contributed by atoms with E-state index in [1.807, 2.05) is 31.2 Å². The monoisotopic (exact) mass is 271 g/mol. The number of nitrogens with zero attached hydrogens (tertiary/aromatic N) is 1. The van der Waals surface area contributed by atoms with E-state index in [2.05, 4.69) is 10.3 Å². The molecule has 1 unspecified atom stereocenters. The quantitative estimate of drug-likeness (QED) is 0.814. The van der Waals surface area contributed by atoms with Gasteiger partial charge in [-0.2, -0.15) is 0 Å². The highest BCUT2D eigenvalue weighted by atomic mass is 16.5. The van der Waals surface area contributed by atoms with Crippen LogP contribution in [-0.2, 0) is 4.79 Å². The zero-order valence-electron chi connectivity index (χ0n) is 11.2. The molecule has 0 radical (unpaired) electrons. The predicted octanol–water partition coefficient (Wildman–Crippen LogP) is 1.92. The molecule has 0 saturated carbocycles. The molecule has 0 saturated heterocycles. The van der Waals surface area contributed by atoms with E-state index in [4.69, 9.17) is 10.5 Å². The first-order valence-electron chi connectivity index (χ1n) is 6.33. The molecule has 5 nitrogen and oxygen atoms in total. The largest absolute Gasteiger partial charge is 0.482 e. The lowest BCUT2D eigenvalue weighted by Gasteiger charge is -2.14. The summed E-state index contributed by atoms with van der Waals surface area (Å²) in [6, 6.07) is 10.7. The third kappa shape index (κ3) is 3.71. The average molecular weight is 271 g/mol. The van der Waals surface area contributed by atoms with Crippen LogP contribution in [0.2, 0.25) is 0 Å². The topological polar surface area (TPSA) is 77.2 Å². The Kier molecular flexibility index (Phi) is 4.55. The van der Waals surface area contributed by atoms with Crippen molar-refractivity contribution in [2.45, 2.75) is 13.0 Å². The maximum absolute atomic E-state index is 11.8. The van der Waals surface area contributed by atoms with Gasteiger partial charge in [0.05, 0.1) is 11.7 Å². The minimum absolute atomic E-state index is 0.0706. The van der Waals surface area contributed by atoms with Crippen LogP contribution in [0.25, 0.3) is 0 Å². The van der Waals surface area contributed by atoms with Gasteiger partial charge in [0.1, 0.15) is 5.75 Å². The van der Waals surface area contributed by atoms with Gasteiger partial charge in [-0.05, 0) is 30.7 Å². The maximum atomic E-state index is 11.8. The third-order valence-corrected chi connectivity index (χ3v) is 2.84. The summed E-state index contributed by atoms with van der Waals surface area (Å²) >= 11 is 0. The molecule has 0 fully saturated rings. The summed E-state index contributed by atoms with van der Waals surface area (Å²) in [5, 5.41) is 2.84. The van der Waals surface area contributed by atoms with Gasteiger partial charge in [0.25, 0.3) is 5.91 Å². The van der Waals surface area contributed by atoms with Gasteiger partial charge in [0, 0.05) is 12.4 Å². The number of amides is 1. The second-order valence-electron chi connectivity index (χ2n) is 4.40. The zero-order chi connectivity index (χ0) is 14.4. The summed E-state index contributed by atoms with van der Waals surface area (Å²) in [6.45, 7) is 1.82. The molecule has 20 heavy (non-hydrogen) atoms. The molecule has 0 aliphatic carbocycles. The Morgan fingerprint density at radius 1 is 1.35 bits per heavy atom. The van der Waals surface area contributed by atoms with Crippen LogP contribution in [0.3, 0.4) is 0 Å². The summed E-state index contributed by atoms with van der Waals surface area (Å²) in [4.78, 5) is 15.8. The van der Waals surface area contributed by atoms with Crippen LogP contribution in [0, 0.1) is 0 Å². The number of hydrogen-bond acceptors (Lipinski definition) is 4. The number of carbonyl (C=O) groups is 1.